The van der Waals surface area contributed by atoms with Gasteiger partial charge in [-0.05, 0) is 37.1 Å². The Bertz CT molecular complexity index is 848. The number of benzene rings is 2. The normalized spacial score (nSPS) is 11.5. The predicted molar refractivity (Wildman–Crippen MR) is 96.6 cm³/mol. The maximum Gasteiger partial charge on any atom is 0.255 e. The summed E-state index contributed by atoms with van der Waals surface area (Å²) >= 11 is 0. The van der Waals surface area contributed by atoms with Crippen LogP contribution in [0.15, 0.2) is 48.5 Å². The molecule has 2 aromatic rings. The molecule has 6 nitrogen and oxygen atoms in total. The summed E-state index contributed by atoms with van der Waals surface area (Å²) in [5, 5.41) is 12.4. The molecule has 0 unspecified atom stereocenters. The quantitative estimate of drug-likeness (QED) is 0.703. The van der Waals surface area contributed by atoms with E-state index in [0.717, 1.165) is 0 Å². The van der Waals surface area contributed by atoms with Crippen molar-refractivity contribution in [3.05, 3.63) is 65.2 Å². The molecule has 3 N–H and O–H groups in total. The Hall–Kier alpha value is -2.38. The second kappa shape index (κ2) is 8.13. The highest BCUT2D eigenvalue weighted by molar-refractivity contribution is 7.88. The van der Waals surface area contributed by atoms with Gasteiger partial charge in [0, 0.05) is 12.6 Å². The van der Waals surface area contributed by atoms with Crippen molar-refractivity contribution >= 4 is 15.9 Å². The minimum absolute atomic E-state index is 0.100. The Balaban J connectivity index is 2.11. The molecule has 0 aliphatic heterocycles. The van der Waals surface area contributed by atoms with Gasteiger partial charge < -0.3 is 10.4 Å². The highest BCUT2D eigenvalue weighted by Gasteiger charge is 2.16. The number of para-hydroxylation sites is 1. The van der Waals surface area contributed by atoms with Crippen LogP contribution in [0.4, 0.5) is 0 Å². The molecule has 1 amide bonds. The molecule has 0 aromatic heterocycles. The smallest absolute Gasteiger partial charge is 0.255 e. The molecular formula is C18H22N2O4S. The number of phenols is 1. The van der Waals surface area contributed by atoms with Crippen molar-refractivity contribution in [1.82, 2.24) is 10.0 Å². The van der Waals surface area contributed by atoms with Crippen molar-refractivity contribution in [3.63, 3.8) is 0 Å². The fourth-order valence-electron chi connectivity index (χ4n) is 2.41. The molecule has 0 aliphatic rings. The Morgan fingerprint density at radius 2 is 1.64 bits per heavy atom. The number of amides is 1. The van der Waals surface area contributed by atoms with E-state index >= 15 is 0 Å². The second-order valence-corrected chi connectivity index (χ2v) is 7.75. The summed E-state index contributed by atoms with van der Waals surface area (Å²) < 4.78 is 26.8. The number of phenolic OH excluding ortho intramolecular Hbond substituents is 1. The molecule has 0 aliphatic carbocycles. The number of nitrogens with one attached hydrogen (secondary N) is 2. The number of carbonyl (C=O) groups excluding carboxylic acids is 1. The fraction of sp³-hybridized carbons (Fsp3) is 0.278. The number of rotatable bonds is 7. The van der Waals surface area contributed by atoms with Gasteiger partial charge in [0.2, 0.25) is 10.0 Å². The minimum atomic E-state index is -3.46. The molecule has 134 valence electrons. The highest BCUT2D eigenvalue weighted by Crippen LogP contribution is 2.16. The van der Waals surface area contributed by atoms with E-state index < -0.39 is 15.9 Å². The first-order valence-electron chi connectivity index (χ1n) is 7.91. The third-order valence-corrected chi connectivity index (χ3v) is 4.99. The van der Waals surface area contributed by atoms with Crippen LogP contribution in [0, 0.1) is 0 Å². The van der Waals surface area contributed by atoms with Crippen molar-refractivity contribution in [2.45, 2.75) is 32.2 Å². The molecular weight excluding hydrogens is 340 g/mol. The number of carbonyl (C=O) groups is 1. The van der Waals surface area contributed by atoms with Crippen molar-refractivity contribution in [1.29, 1.82) is 0 Å². The van der Waals surface area contributed by atoms with Crippen LogP contribution >= 0.6 is 0 Å². The van der Waals surface area contributed by atoms with Gasteiger partial charge in [-0.1, -0.05) is 36.4 Å². The van der Waals surface area contributed by atoms with E-state index in [1.54, 1.807) is 50.2 Å². The van der Waals surface area contributed by atoms with Gasteiger partial charge in [0.05, 0.1) is 11.3 Å². The molecule has 7 heteroatoms. The van der Waals surface area contributed by atoms with E-state index in [1.807, 2.05) is 0 Å². The zero-order valence-electron chi connectivity index (χ0n) is 14.2. The summed E-state index contributed by atoms with van der Waals surface area (Å²) in [4.78, 5) is 12.2. The van der Waals surface area contributed by atoms with Gasteiger partial charge in [-0.25, -0.2) is 13.1 Å². The number of hydrogen-bond donors (Lipinski definition) is 3. The summed E-state index contributed by atoms with van der Waals surface area (Å²) in [6.07, 6.45) is 0. The minimum Gasteiger partial charge on any atom is -0.507 e. The summed E-state index contributed by atoms with van der Waals surface area (Å²) in [6.45, 7) is 3.69. The average molecular weight is 362 g/mol. The highest BCUT2D eigenvalue weighted by atomic mass is 32.2. The largest absolute Gasteiger partial charge is 0.507 e. The van der Waals surface area contributed by atoms with Crippen molar-refractivity contribution < 1.29 is 18.3 Å². The summed E-state index contributed by atoms with van der Waals surface area (Å²) in [5.41, 5.74) is 1.50. The first-order chi connectivity index (χ1) is 11.8. The van der Waals surface area contributed by atoms with Gasteiger partial charge in [-0.2, -0.15) is 0 Å². The van der Waals surface area contributed by atoms with Crippen molar-refractivity contribution in [3.8, 4) is 5.75 Å². The molecule has 0 saturated heterocycles. The average Bonchev–Trinajstić information content (AvgIpc) is 2.52. The number of hydrogen-bond acceptors (Lipinski definition) is 4. The molecule has 2 aromatic carbocycles. The fourth-order valence-corrected chi connectivity index (χ4v) is 3.91. The van der Waals surface area contributed by atoms with E-state index in [9.17, 15) is 18.3 Å². The van der Waals surface area contributed by atoms with Crippen molar-refractivity contribution in [2.75, 3.05) is 0 Å². The van der Waals surface area contributed by atoms with Crippen LogP contribution < -0.4 is 10.0 Å². The van der Waals surface area contributed by atoms with Gasteiger partial charge >= 0.3 is 0 Å². The lowest BCUT2D eigenvalue weighted by Crippen LogP contribution is -2.31. The van der Waals surface area contributed by atoms with Gasteiger partial charge in [0.15, 0.2) is 0 Å². The van der Waals surface area contributed by atoms with Crippen LogP contribution in [-0.4, -0.2) is 25.5 Å². The van der Waals surface area contributed by atoms with Gasteiger partial charge in [0.25, 0.3) is 5.91 Å². The zero-order valence-corrected chi connectivity index (χ0v) is 15.0. The first kappa shape index (κ1) is 19.0. The molecule has 0 fully saturated rings. The van der Waals surface area contributed by atoms with Crippen LogP contribution in [0.25, 0.3) is 0 Å². The summed E-state index contributed by atoms with van der Waals surface area (Å²) in [7, 11) is -3.46. The molecule has 0 bridgehead atoms. The molecule has 0 heterocycles. The molecule has 25 heavy (non-hydrogen) atoms. The van der Waals surface area contributed by atoms with E-state index in [4.69, 9.17) is 0 Å². The zero-order chi connectivity index (χ0) is 18.4. The monoisotopic (exact) mass is 362 g/mol. The molecule has 0 atom stereocenters. The van der Waals surface area contributed by atoms with Gasteiger partial charge in [0.1, 0.15) is 5.75 Å². The van der Waals surface area contributed by atoms with Crippen LogP contribution in [0.1, 0.15) is 35.3 Å². The Labute approximate surface area is 147 Å². The Morgan fingerprint density at radius 3 is 2.28 bits per heavy atom. The summed E-state index contributed by atoms with van der Waals surface area (Å²) in [5.74, 6) is -0.679. The first-order valence-corrected chi connectivity index (χ1v) is 9.56. The topological polar surface area (TPSA) is 95.5 Å². The lowest BCUT2D eigenvalue weighted by molar-refractivity contribution is 0.0948. The lowest BCUT2D eigenvalue weighted by Gasteiger charge is -2.13. The maximum absolute atomic E-state index is 12.2. The second-order valence-electron chi connectivity index (χ2n) is 6.00. The SMILES string of the molecule is CC(C)NS(=O)(=O)Cc1ccccc1CNC(=O)c1ccccc1O. The number of sulfonamides is 1. The van der Waals surface area contributed by atoms with E-state index in [1.165, 1.54) is 12.1 Å². The van der Waals surface area contributed by atoms with Crippen molar-refractivity contribution in [2.24, 2.45) is 0 Å². The Morgan fingerprint density at radius 1 is 1.04 bits per heavy atom. The number of aromatic hydroxyl groups is 1. The standard InChI is InChI=1S/C18H22N2O4S/c1-13(2)20-25(23,24)12-15-8-4-3-7-14(15)11-19-18(22)16-9-5-6-10-17(16)21/h3-10,13,20-21H,11-12H2,1-2H3,(H,19,22). The molecule has 0 spiro atoms. The third kappa shape index (κ3) is 5.58. The molecule has 2 rings (SSSR count). The maximum atomic E-state index is 12.2. The van der Waals surface area contributed by atoms with Crippen LogP contribution in [-0.2, 0) is 22.3 Å². The van der Waals surface area contributed by atoms with Crippen LogP contribution in [0.2, 0.25) is 0 Å². The van der Waals surface area contributed by atoms with E-state index in [-0.39, 0.29) is 29.7 Å². The predicted octanol–water partition coefficient (Wildman–Crippen LogP) is 2.15. The molecule has 0 saturated carbocycles. The summed E-state index contributed by atoms with van der Waals surface area (Å²) in [6, 6.07) is 13.1. The third-order valence-electron chi connectivity index (χ3n) is 3.47. The van der Waals surface area contributed by atoms with Gasteiger partial charge in [-0.3, -0.25) is 4.79 Å². The molecule has 0 radical (unpaired) electrons. The van der Waals surface area contributed by atoms with Gasteiger partial charge in [-0.15, -0.1) is 0 Å². The Kier molecular flexibility index (Phi) is 6.17. The lowest BCUT2D eigenvalue weighted by atomic mass is 10.1. The van der Waals surface area contributed by atoms with E-state index in [0.29, 0.717) is 11.1 Å². The van der Waals surface area contributed by atoms with E-state index in [2.05, 4.69) is 10.0 Å². The van der Waals surface area contributed by atoms with Crippen LogP contribution in [0.5, 0.6) is 5.75 Å². The van der Waals surface area contributed by atoms with Crippen LogP contribution in [0.3, 0.4) is 0 Å².